The summed E-state index contributed by atoms with van der Waals surface area (Å²) >= 11 is 0. The summed E-state index contributed by atoms with van der Waals surface area (Å²) in [7, 11) is 3.26. The number of anilines is 1. The molecule has 0 bridgehead atoms. The van der Waals surface area contributed by atoms with E-state index in [-0.39, 0.29) is 5.97 Å². The van der Waals surface area contributed by atoms with Gasteiger partial charge < -0.3 is 14.6 Å². The molecule has 1 rings (SSSR count). The largest absolute Gasteiger partial charge is 0.467 e. The van der Waals surface area contributed by atoms with Crippen molar-refractivity contribution in [3.05, 3.63) is 18.5 Å². The molecule has 0 aliphatic rings. The average Bonchev–Trinajstić information content (AvgIpc) is 2.67. The fourth-order valence-corrected chi connectivity index (χ4v) is 1.23. The molecule has 0 aromatic carbocycles. The lowest BCUT2D eigenvalue weighted by atomic mass is 10.0. The third-order valence-electron chi connectivity index (χ3n) is 2.49. The van der Waals surface area contributed by atoms with E-state index < -0.39 is 5.54 Å². The molecule has 0 saturated carbocycles. The summed E-state index contributed by atoms with van der Waals surface area (Å²) in [5, 5.41) is 0. The molecule has 0 amide bonds. The highest BCUT2D eigenvalue weighted by molar-refractivity contribution is 5.84. The van der Waals surface area contributed by atoms with E-state index in [1.165, 1.54) is 7.11 Å². The van der Waals surface area contributed by atoms with Crippen molar-refractivity contribution in [1.82, 2.24) is 4.98 Å². The standard InChI is InChI=1S/C10H16N2O2/c1-10(2,9(13)14-4)12(3)8-5-6-11-7-8/h5-7,11H,1-4H3. The number of esters is 1. The number of H-pyrrole nitrogens is 1. The first-order valence-electron chi connectivity index (χ1n) is 4.45. The van der Waals surface area contributed by atoms with Crippen LogP contribution < -0.4 is 4.90 Å². The minimum atomic E-state index is -0.656. The molecule has 1 aromatic heterocycles. The van der Waals surface area contributed by atoms with Crippen LogP contribution in [0.5, 0.6) is 0 Å². The van der Waals surface area contributed by atoms with Gasteiger partial charge in [0.25, 0.3) is 0 Å². The molecule has 0 radical (unpaired) electrons. The highest BCUT2D eigenvalue weighted by atomic mass is 16.5. The molecule has 0 unspecified atom stereocenters. The number of nitrogens with zero attached hydrogens (tertiary/aromatic N) is 1. The van der Waals surface area contributed by atoms with Crippen molar-refractivity contribution in [2.45, 2.75) is 19.4 Å². The fourth-order valence-electron chi connectivity index (χ4n) is 1.23. The Morgan fingerprint density at radius 3 is 2.64 bits per heavy atom. The Balaban J connectivity index is 2.88. The van der Waals surface area contributed by atoms with Crippen LogP contribution in [0.2, 0.25) is 0 Å². The highest BCUT2D eigenvalue weighted by Gasteiger charge is 2.33. The maximum absolute atomic E-state index is 11.5. The van der Waals surface area contributed by atoms with Crippen LogP contribution in [0.3, 0.4) is 0 Å². The normalized spacial score (nSPS) is 11.1. The van der Waals surface area contributed by atoms with Gasteiger partial charge in [0.1, 0.15) is 5.54 Å². The minimum Gasteiger partial charge on any atom is -0.467 e. The maximum atomic E-state index is 11.5. The Labute approximate surface area is 83.9 Å². The summed E-state index contributed by atoms with van der Waals surface area (Å²) in [6, 6.07) is 1.91. The Bertz CT molecular complexity index is 304. The molecule has 4 heteroatoms. The van der Waals surface area contributed by atoms with E-state index in [1.807, 2.05) is 44.3 Å². The van der Waals surface area contributed by atoms with E-state index in [1.54, 1.807) is 0 Å². The van der Waals surface area contributed by atoms with Gasteiger partial charge in [-0.05, 0) is 19.9 Å². The lowest BCUT2D eigenvalue weighted by Crippen LogP contribution is -2.48. The molecule has 0 atom stereocenters. The van der Waals surface area contributed by atoms with Crippen LogP contribution in [-0.4, -0.2) is 30.6 Å². The predicted molar refractivity (Wildman–Crippen MR) is 55.3 cm³/mol. The Morgan fingerprint density at radius 1 is 1.57 bits per heavy atom. The SMILES string of the molecule is COC(=O)C(C)(C)N(C)c1cc[nH]c1. The van der Waals surface area contributed by atoms with Crippen molar-refractivity contribution >= 4 is 11.7 Å². The second-order valence-corrected chi connectivity index (χ2v) is 3.68. The smallest absolute Gasteiger partial charge is 0.331 e. The van der Waals surface area contributed by atoms with Gasteiger partial charge in [-0.3, -0.25) is 0 Å². The Kier molecular flexibility index (Phi) is 2.84. The highest BCUT2D eigenvalue weighted by Crippen LogP contribution is 2.22. The molecule has 0 aliphatic heterocycles. The second kappa shape index (κ2) is 3.74. The number of rotatable bonds is 3. The van der Waals surface area contributed by atoms with Crippen LogP contribution in [0.1, 0.15) is 13.8 Å². The quantitative estimate of drug-likeness (QED) is 0.743. The minimum absolute atomic E-state index is 0.249. The average molecular weight is 196 g/mol. The van der Waals surface area contributed by atoms with E-state index >= 15 is 0 Å². The summed E-state index contributed by atoms with van der Waals surface area (Å²) in [5.41, 5.74) is 0.303. The number of ether oxygens (including phenoxy) is 1. The van der Waals surface area contributed by atoms with Gasteiger partial charge in [-0.25, -0.2) is 4.79 Å². The van der Waals surface area contributed by atoms with Gasteiger partial charge in [-0.15, -0.1) is 0 Å². The first-order chi connectivity index (χ1) is 6.50. The summed E-state index contributed by atoms with van der Waals surface area (Å²) in [5.74, 6) is -0.249. The molecular formula is C10H16N2O2. The van der Waals surface area contributed by atoms with E-state index in [4.69, 9.17) is 4.74 Å². The molecule has 0 spiro atoms. The molecule has 0 fully saturated rings. The molecule has 1 heterocycles. The predicted octanol–water partition coefficient (Wildman–Crippen LogP) is 1.40. The lowest BCUT2D eigenvalue weighted by Gasteiger charge is -2.33. The van der Waals surface area contributed by atoms with Crippen molar-refractivity contribution in [1.29, 1.82) is 0 Å². The van der Waals surface area contributed by atoms with Crippen LogP contribution in [0, 0.1) is 0 Å². The van der Waals surface area contributed by atoms with Crippen molar-refractivity contribution in [2.24, 2.45) is 0 Å². The number of nitrogens with one attached hydrogen (secondary N) is 1. The maximum Gasteiger partial charge on any atom is 0.331 e. The topological polar surface area (TPSA) is 45.3 Å². The Morgan fingerprint density at radius 2 is 2.21 bits per heavy atom. The van der Waals surface area contributed by atoms with Gasteiger partial charge >= 0.3 is 5.97 Å². The van der Waals surface area contributed by atoms with Crippen molar-refractivity contribution in [3.63, 3.8) is 0 Å². The van der Waals surface area contributed by atoms with E-state index in [2.05, 4.69) is 4.98 Å². The molecular weight excluding hydrogens is 180 g/mol. The molecule has 4 nitrogen and oxygen atoms in total. The van der Waals surface area contributed by atoms with Gasteiger partial charge in [0.05, 0.1) is 12.8 Å². The number of aromatic amines is 1. The number of carbonyl (C=O) groups is 1. The van der Waals surface area contributed by atoms with Gasteiger partial charge in [-0.1, -0.05) is 0 Å². The van der Waals surface area contributed by atoms with Crippen LogP contribution >= 0.6 is 0 Å². The summed E-state index contributed by atoms with van der Waals surface area (Å²) in [6.07, 6.45) is 3.66. The van der Waals surface area contributed by atoms with Crippen molar-refractivity contribution in [2.75, 3.05) is 19.1 Å². The van der Waals surface area contributed by atoms with Gasteiger partial charge in [0, 0.05) is 19.4 Å². The second-order valence-electron chi connectivity index (χ2n) is 3.68. The van der Waals surface area contributed by atoms with Crippen LogP contribution in [0.15, 0.2) is 18.5 Å². The van der Waals surface area contributed by atoms with Crippen molar-refractivity contribution in [3.8, 4) is 0 Å². The zero-order chi connectivity index (χ0) is 10.8. The summed E-state index contributed by atoms with van der Waals surface area (Å²) in [6.45, 7) is 3.65. The lowest BCUT2D eigenvalue weighted by molar-refractivity contribution is -0.145. The van der Waals surface area contributed by atoms with Crippen molar-refractivity contribution < 1.29 is 9.53 Å². The fraction of sp³-hybridized carbons (Fsp3) is 0.500. The van der Waals surface area contributed by atoms with Crippen LogP contribution in [-0.2, 0) is 9.53 Å². The van der Waals surface area contributed by atoms with E-state index in [9.17, 15) is 4.79 Å². The number of methoxy groups -OCH3 is 1. The first kappa shape index (κ1) is 10.6. The Hall–Kier alpha value is -1.45. The number of hydrogen-bond acceptors (Lipinski definition) is 3. The van der Waals surface area contributed by atoms with Gasteiger partial charge in [0.2, 0.25) is 0 Å². The third-order valence-corrected chi connectivity index (χ3v) is 2.49. The third kappa shape index (κ3) is 1.73. The number of carbonyl (C=O) groups excluding carboxylic acids is 1. The first-order valence-corrected chi connectivity index (χ1v) is 4.45. The molecule has 0 aliphatic carbocycles. The summed E-state index contributed by atoms with van der Waals surface area (Å²) < 4.78 is 4.74. The number of aromatic nitrogens is 1. The van der Waals surface area contributed by atoms with Crippen LogP contribution in [0.25, 0.3) is 0 Å². The monoisotopic (exact) mass is 196 g/mol. The molecule has 1 N–H and O–H groups in total. The zero-order valence-electron chi connectivity index (χ0n) is 9.00. The number of likely N-dealkylation sites (N-methyl/N-ethyl adjacent to an activating group) is 1. The van der Waals surface area contributed by atoms with Gasteiger partial charge in [-0.2, -0.15) is 0 Å². The molecule has 0 saturated heterocycles. The molecule has 14 heavy (non-hydrogen) atoms. The van der Waals surface area contributed by atoms with Crippen LogP contribution in [0.4, 0.5) is 5.69 Å². The molecule has 1 aromatic rings. The molecule has 78 valence electrons. The summed E-state index contributed by atoms with van der Waals surface area (Å²) in [4.78, 5) is 16.3. The van der Waals surface area contributed by atoms with Gasteiger partial charge in [0.15, 0.2) is 0 Å². The zero-order valence-corrected chi connectivity index (χ0v) is 9.00. The van der Waals surface area contributed by atoms with E-state index in [0.29, 0.717) is 0 Å². The van der Waals surface area contributed by atoms with E-state index in [0.717, 1.165) is 5.69 Å². The number of hydrogen-bond donors (Lipinski definition) is 1.